The number of amides is 1. The summed E-state index contributed by atoms with van der Waals surface area (Å²) >= 11 is 1.77. The van der Waals surface area contributed by atoms with E-state index in [0.29, 0.717) is 12.1 Å². The Morgan fingerprint density at radius 1 is 1.09 bits per heavy atom. The van der Waals surface area contributed by atoms with Crippen LogP contribution in [0.4, 0.5) is 5.82 Å². The molecule has 2 N–H and O–H groups in total. The largest absolute Gasteiger partial charge is 0.379 e. The molecule has 9 heteroatoms. The van der Waals surface area contributed by atoms with Crippen molar-refractivity contribution in [1.29, 1.82) is 0 Å². The molecule has 0 radical (unpaired) electrons. The maximum atomic E-state index is 12.5. The number of carbonyl (C=O) groups excluding carboxylic acids is 1. The molecule has 0 unspecified atom stereocenters. The fourth-order valence-corrected chi connectivity index (χ4v) is 4.76. The predicted octanol–water partition coefficient (Wildman–Crippen LogP) is 3.17. The third kappa shape index (κ3) is 5.27. The Morgan fingerprint density at radius 3 is 2.74 bits per heavy atom. The lowest BCUT2D eigenvalue weighted by molar-refractivity contribution is 0.0383. The number of fused-ring (bicyclic) bond motifs is 1. The van der Waals surface area contributed by atoms with Crippen LogP contribution in [0, 0.1) is 0 Å². The number of rotatable bonds is 9. The van der Waals surface area contributed by atoms with Crippen LogP contribution in [0.15, 0.2) is 60.2 Å². The summed E-state index contributed by atoms with van der Waals surface area (Å²) in [5, 5.41) is 13.1. The van der Waals surface area contributed by atoms with E-state index in [4.69, 9.17) is 4.74 Å². The number of nitrogens with one attached hydrogen (secondary N) is 2. The van der Waals surface area contributed by atoms with Gasteiger partial charge < -0.3 is 15.4 Å². The van der Waals surface area contributed by atoms with Crippen molar-refractivity contribution in [1.82, 2.24) is 24.8 Å². The molecular formula is C25H28N6O2S. The van der Waals surface area contributed by atoms with E-state index in [1.807, 2.05) is 41.0 Å². The van der Waals surface area contributed by atoms with E-state index in [2.05, 4.69) is 43.1 Å². The summed E-state index contributed by atoms with van der Waals surface area (Å²) in [7, 11) is 0. The molecule has 0 spiro atoms. The van der Waals surface area contributed by atoms with Crippen molar-refractivity contribution in [3.63, 3.8) is 0 Å². The number of hydrogen-bond donors (Lipinski definition) is 2. The first-order valence-corrected chi connectivity index (χ1v) is 12.4. The first-order valence-electron chi connectivity index (χ1n) is 11.6. The summed E-state index contributed by atoms with van der Waals surface area (Å²) in [5.41, 5.74) is 3.33. The van der Waals surface area contributed by atoms with E-state index in [0.717, 1.165) is 68.4 Å². The van der Waals surface area contributed by atoms with E-state index in [9.17, 15) is 4.79 Å². The van der Waals surface area contributed by atoms with Gasteiger partial charge in [-0.15, -0.1) is 11.3 Å². The summed E-state index contributed by atoms with van der Waals surface area (Å²) in [4.78, 5) is 20.7. The Balaban J connectivity index is 1.21. The lowest BCUT2D eigenvalue weighted by Gasteiger charge is -2.26. The molecule has 1 saturated heterocycles. The number of nitrogens with zero attached hydrogens (tertiary/aromatic N) is 4. The molecule has 1 aliphatic rings. The molecule has 176 valence electrons. The quantitative estimate of drug-likeness (QED) is 0.386. The minimum Gasteiger partial charge on any atom is -0.379 e. The highest BCUT2D eigenvalue weighted by atomic mass is 32.1. The smallest absolute Gasteiger partial charge is 0.251 e. The molecule has 0 atom stereocenters. The molecule has 1 aliphatic heterocycles. The fourth-order valence-electron chi connectivity index (χ4n) is 4.05. The molecule has 0 bridgehead atoms. The van der Waals surface area contributed by atoms with Crippen LogP contribution in [0.5, 0.6) is 0 Å². The molecule has 0 saturated carbocycles. The summed E-state index contributed by atoms with van der Waals surface area (Å²) in [5.74, 6) is 0.846. The maximum Gasteiger partial charge on any atom is 0.251 e. The second kappa shape index (κ2) is 10.8. The van der Waals surface area contributed by atoms with Gasteiger partial charge in [0.15, 0.2) is 5.65 Å². The van der Waals surface area contributed by atoms with Crippen LogP contribution in [0.25, 0.3) is 16.8 Å². The van der Waals surface area contributed by atoms with Crippen LogP contribution in [0.2, 0.25) is 0 Å². The number of aromatic nitrogens is 3. The highest BCUT2D eigenvalue weighted by Crippen LogP contribution is 2.25. The number of thiophene rings is 1. The highest BCUT2D eigenvalue weighted by Gasteiger charge is 2.13. The molecule has 4 aromatic rings. The Kier molecular flexibility index (Phi) is 7.13. The van der Waals surface area contributed by atoms with Gasteiger partial charge in [0.2, 0.25) is 0 Å². The highest BCUT2D eigenvalue weighted by molar-refractivity contribution is 7.09. The van der Waals surface area contributed by atoms with E-state index in [1.54, 1.807) is 17.5 Å². The zero-order valence-corrected chi connectivity index (χ0v) is 19.8. The average Bonchev–Trinajstić information content (AvgIpc) is 3.55. The van der Waals surface area contributed by atoms with Gasteiger partial charge in [-0.2, -0.15) is 9.61 Å². The molecule has 0 aliphatic carbocycles. The van der Waals surface area contributed by atoms with Crippen LogP contribution >= 0.6 is 11.3 Å². The molecule has 8 nitrogen and oxygen atoms in total. The molecule has 1 fully saturated rings. The van der Waals surface area contributed by atoms with Gasteiger partial charge in [-0.05, 0) is 41.6 Å². The Hall–Kier alpha value is -3.27. The van der Waals surface area contributed by atoms with Gasteiger partial charge >= 0.3 is 0 Å². The monoisotopic (exact) mass is 476 g/mol. The normalized spacial score (nSPS) is 14.4. The second-order valence-corrected chi connectivity index (χ2v) is 9.20. The molecule has 34 heavy (non-hydrogen) atoms. The minimum absolute atomic E-state index is 0.0602. The molecular weight excluding hydrogens is 448 g/mol. The summed E-state index contributed by atoms with van der Waals surface area (Å²) in [6.07, 6.45) is 4.58. The Labute approximate surface area is 202 Å². The average molecular weight is 477 g/mol. The number of carbonyl (C=O) groups is 1. The van der Waals surface area contributed by atoms with Gasteiger partial charge in [0.1, 0.15) is 5.82 Å². The molecule has 3 aromatic heterocycles. The molecule has 4 heterocycles. The zero-order chi connectivity index (χ0) is 23.2. The lowest BCUT2D eigenvalue weighted by atomic mass is 10.1. The van der Waals surface area contributed by atoms with Crippen LogP contribution in [0.1, 0.15) is 15.2 Å². The molecule has 5 rings (SSSR count). The number of benzene rings is 1. The van der Waals surface area contributed by atoms with Crippen LogP contribution in [-0.4, -0.2) is 71.3 Å². The first kappa shape index (κ1) is 22.5. The van der Waals surface area contributed by atoms with Gasteiger partial charge in [0.25, 0.3) is 5.91 Å². The van der Waals surface area contributed by atoms with Crippen molar-refractivity contribution >= 4 is 28.7 Å². The van der Waals surface area contributed by atoms with Gasteiger partial charge in [0, 0.05) is 54.9 Å². The predicted molar refractivity (Wildman–Crippen MR) is 135 cm³/mol. The van der Waals surface area contributed by atoms with E-state index in [-0.39, 0.29) is 5.91 Å². The van der Waals surface area contributed by atoms with E-state index in [1.165, 1.54) is 4.88 Å². The van der Waals surface area contributed by atoms with Gasteiger partial charge in [0.05, 0.1) is 19.4 Å². The Bertz CT molecular complexity index is 1220. The van der Waals surface area contributed by atoms with Crippen molar-refractivity contribution in [3.05, 3.63) is 70.7 Å². The minimum atomic E-state index is -0.0602. The van der Waals surface area contributed by atoms with Gasteiger partial charge in [-0.3, -0.25) is 9.69 Å². The number of morpholine rings is 1. The van der Waals surface area contributed by atoms with Gasteiger partial charge in [-0.25, -0.2) is 4.98 Å². The van der Waals surface area contributed by atoms with E-state index >= 15 is 0 Å². The molecule has 1 amide bonds. The topological polar surface area (TPSA) is 83.8 Å². The second-order valence-electron chi connectivity index (χ2n) is 8.17. The van der Waals surface area contributed by atoms with Crippen LogP contribution in [0.3, 0.4) is 0 Å². The number of hydrogen-bond acceptors (Lipinski definition) is 7. The lowest BCUT2D eigenvalue weighted by Crippen LogP contribution is -2.41. The van der Waals surface area contributed by atoms with Crippen molar-refractivity contribution < 1.29 is 9.53 Å². The first-order chi connectivity index (χ1) is 16.8. The van der Waals surface area contributed by atoms with Crippen LogP contribution < -0.4 is 10.6 Å². The summed E-state index contributed by atoms with van der Waals surface area (Å²) in [6.45, 7) is 5.66. The number of ether oxygens (including phenoxy) is 1. The van der Waals surface area contributed by atoms with Crippen molar-refractivity contribution in [3.8, 4) is 11.1 Å². The van der Waals surface area contributed by atoms with Crippen molar-refractivity contribution in [2.45, 2.75) is 6.42 Å². The zero-order valence-electron chi connectivity index (χ0n) is 18.9. The maximum absolute atomic E-state index is 12.5. The Morgan fingerprint density at radius 2 is 1.94 bits per heavy atom. The summed E-state index contributed by atoms with van der Waals surface area (Å²) < 4.78 is 7.19. The summed E-state index contributed by atoms with van der Waals surface area (Å²) in [6, 6.07) is 13.8. The fraction of sp³-hybridized carbons (Fsp3) is 0.320. The third-order valence-corrected chi connectivity index (χ3v) is 6.87. The standard InChI is InChI=1S/C25H28N6O2S/c32-25(28-11-12-30-13-15-33-16-14-30)20-5-3-19(4-6-20)22-18-29-31-23(8-10-27-24(22)31)26-9-7-21-2-1-17-34-21/h1-6,8,10,17-18,26H,7,9,11-16H2,(H,28,32). The SMILES string of the molecule is O=C(NCCN1CCOCC1)c1ccc(-c2cnn3c(NCCc4cccs4)ccnc23)cc1. The van der Waals surface area contributed by atoms with Crippen molar-refractivity contribution in [2.75, 3.05) is 51.3 Å². The third-order valence-electron chi connectivity index (χ3n) is 5.93. The number of anilines is 1. The van der Waals surface area contributed by atoms with E-state index < -0.39 is 0 Å². The van der Waals surface area contributed by atoms with Gasteiger partial charge in [-0.1, -0.05) is 18.2 Å². The van der Waals surface area contributed by atoms with Crippen molar-refractivity contribution in [2.24, 2.45) is 0 Å². The van der Waals surface area contributed by atoms with Crippen LogP contribution in [-0.2, 0) is 11.2 Å². The molecule has 1 aromatic carbocycles.